The Bertz CT molecular complexity index is 1390. The molecule has 1 saturated heterocycles. The number of phenols is 1. The Morgan fingerprint density at radius 1 is 1.06 bits per heavy atom. The van der Waals surface area contributed by atoms with Crippen LogP contribution in [0.1, 0.15) is 11.1 Å². The quantitative estimate of drug-likeness (QED) is 0.227. The molecule has 1 heterocycles. The molecule has 4 amide bonds. The van der Waals surface area contributed by atoms with E-state index in [-0.39, 0.29) is 34.3 Å². The third-order valence-corrected chi connectivity index (χ3v) is 5.29. The number of rotatable bonds is 6. The van der Waals surface area contributed by atoms with Crippen molar-refractivity contribution in [3.8, 4) is 11.5 Å². The molecule has 10 nitrogen and oxygen atoms in total. The van der Waals surface area contributed by atoms with Crippen LogP contribution in [-0.2, 0) is 16.2 Å². The van der Waals surface area contributed by atoms with Gasteiger partial charge in [-0.3, -0.25) is 25.0 Å². The summed E-state index contributed by atoms with van der Waals surface area (Å²) in [4.78, 5) is 48.7. The van der Waals surface area contributed by atoms with E-state index in [1.807, 2.05) is 0 Å². The number of phenolic OH excluding ortho intramolecular Hbond substituents is 1. The van der Waals surface area contributed by atoms with Gasteiger partial charge in [-0.25, -0.2) is 9.69 Å². The number of nitrogens with zero attached hydrogens (tertiary/aromatic N) is 2. The van der Waals surface area contributed by atoms with Gasteiger partial charge in [0.2, 0.25) is 0 Å². The first kappa shape index (κ1) is 23.5. The molecule has 35 heavy (non-hydrogen) atoms. The summed E-state index contributed by atoms with van der Waals surface area (Å²) >= 11 is 6.29. The van der Waals surface area contributed by atoms with Crippen molar-refractivity contribution in [3.63, 3.8) is 0 Å². The van der Waals surface area contributed by atoms with Gasteiger partial charge in [-0.15, -0.1) is 0 Å². The summed E-state index contributed by atoms with van der Waals surface area (Å²) in [6, 6.07) is 15.0. The highest BCUT2D eigenvalue weighted by molar-refractivity contribution is 6.39. The average molecular weight is 494 g/mol. The number of ether oxygens (including phenoxy) is 1. The van der Waals surface area contributed by atoms with E-state index in [9.17, 15) is 29.6 Å². The van der Waals surface area contributed by atoms with Crippen LogP contribution in [0.3, 0.4) is 0 Å². The van der Waals surface area contributed by atoms with Gasteiger partial charge in [0.25, 0.3) is 17.5 Å². The molecular weight excluding hydrogens is 478 g/mol. The third-order valence-electron chi connectivity index (χ3n) is 4.99. The molecule has 0 bridgehead atoms. The lowest BCUT2D eigenvalue weighted by Gasteiger charge is -2.26. The molecule has 0 saturated carbocycles. The molecule has 1 aliphatic heterocycles. The normalized spacial score (nSPS) is 14.7. The Balaban J connectivity index is 1.54. The molecule has 11 heteroatoms. The Morgan fingerprint density at radius 2 is 1.80 bits per heavy atom. The standard InChI is InChI=1S/C24H16ClN3O7/c25-20-12-14(4-9-21(20)35-13-15-2-1-3-17(10-15)28(33)34)11-19-22(30)26-24(32)27(23(19)31)16-5-7-18(29)8-6-16/h1-12,29H,13H2,(H,26,30,32)/b19-11-. The molecule has 0 aliphatic carbocycles. The van der Waals surface area contributed by atoms with Gasteiger partial charge in [-0.1, -0.05) is 29.8 Å². The topological polar surface area (TPSA) is 139 Å². The Hall–Kier alpha value is -4.70. The van der Waals surface area contributed by atoms with Gasteiger partial charge in [0.1, 0.15) is 23.7 Å². The summed E-state index contributed by atoms with van der Waals surface area (Å²) < 4.78 is 5.65. The molecule has 0 unspecified atom stereocenters. The highest BCUT2D eigenvalue weighted by Gasteiger charge is 2.36. The first-order valence-corrected chi connectivity index (χ1v) is 10.5. The van der Waals surface area contributed by atoms with E-state index in [0.29, 0.717) is 16.9 Å². The van der Waals surface area contributed by atoms with Crippen LogP contribution in [0.15, 0.2) is 72.3 Å². The molecule has 1 aliphatic rings. The van der Waals surface area contributed by atoms with Gasteiger partial charge in [-0.05, 0) is 53.6 Å². The number of nitro benzene ring substituents is 1. The maximum absolute atomic E-state index is 12.9. The number of anilines is 1. The van der Waals surface area contributed by atoms with Crippen molar-refractivity contribution in [1.29, 1.82) is 0 Å². The van der Waals surface area contributed by atoms with Crippen LogP contribution < -0.4 is 15.0 Å². The number of benzene rings is 3. The number of nitro groups is 1. The molecule has 1 fully saturated rings. The average Bonchev–Trinajstić information content (AvgIpc) is 2.82. The van der Waals surface area contributed by atoms with Crippen molar-refractivity contribution in [3.05, 3.63) is 98.6 Å². The van der Waals surface area contributed by atoms with Gasteiger partial charge in [0, 0.05) is 12.1 Å². The van der Waals surface area contributed by atoms with Crippen LogP contribution in [0, 0.1) is 10.1 Å². The monoisotopic (exact) mass is 493 g/mol. The maximum Gasteiger partial charge on any atom is 0.335 e. The van der Waals surface area contributed by atoms with Crippen LogP contribution in [0.2, 0.25) is 5.02 Å². The zero-order chi connectivity index (χ0) is 25.1. The molecule has 0 atom stereocenters. The van der Waals surface area contributed by atoms with Gasteiger partial charge >= 0.3 is 6.03 Å². The highest BCUT2D eigenvalue weighted by atomic mass is 35.5. The summed E-state index contributed by atoms with van der Waals surface area (Å²) in [6.45, 7) is 0.0342. The Kier molecular flexibility index (Phi) is 6.47. The van der Waals surface area contributed by atoms with E-state index >= 15 is 0 Å². The number of carbonyl (C=O) groups is 3. The first-order chi connectivity index (χ1) is 16.7. The largest absolute Gasteiger partial charge is 0.508 e. The van der Waals surface area contributed by atoms with Gasteiger partial charge in [0.15, 0.2) is 0 Å². The third kappa shape index (κ3) is 5.12. The number of barbiturate groups is 1. The number of aromatic hydroxyl groups is 1. The number of non-ortho nitro benzene ring substituents is 1. The zero-order valence-corrected chi connectivity index (χ0v) is 18.6. The lowest BCUT2D eigenvalue weighted by atomic mass is 10.1. The van der Waals surface area contributed by atoms with Crippen LogP contribution in [0.5, 0.6) is 11.5 Å². The Labute approximate surface area is 203 Å². The fourth-order valence-electron chi connectivity index (χ4n) is 3.31. The highest BCUT2D eigenvalue weighted by Crippen LogP contribution is 2.29. The number of urea groups is 1. The number of imide groups is 2. The van der Waals surface area contributed by atoms with Crippen molar-refractivity contribution in [2.75, 3.05) is 4.90 Å². The molecule has 0 aromatic heterocycles. The van der Waals surface area contributed by atoms with E-state index in [4.69, 9.17) is 16.3 Å². The smallest absolute Gasteiger partial charge is 0.335 e. The first-order valence-electron chi connectivity index (χ1n) is 10.1. The number of hydrogen-bond donors (Lipinski definition) is 2. The molecule has 2 N–H and O–H groups in total. The molecule has 4 rings (SSSR count). The predicted molar refractivity (Wildman–Crippen MR) is 126 cm³/mol. The van der Waals surface area contributed by atoms with E-state index in [1.54, 1.807) is 18.2 Å². The van der Waals surface area contributed by atoms with Crippen molar-refractivity contribution in [2.45, 2.75) is 6.61 Å². The fourth-order valence-corrected chi connectivity index (χ4v) is 3.55. The second kappa shape index (κ2) is 9.65. The number of amides is 4. The molecular formula is C24H16ClN3O7. The minimum absolute atomic E-state index is 0.0342. The summed E-state index contributed by atoms with van der Waals surface area (Å²) in [6.07, 6.45) is 1.29. The van der Waals surface area contributed by atoms with Crippen LogP contribution in [-0.4, -0.2) is 27.9 Å². The van der Waals surface area contributed by atoms with E-state index in [1.165, 1.54) is 54.6 Å². The van der Waals surface area contributed by atoms with E-state index < -0.39 is 22.8 Å². The molecule has 176 valence electrons. The van der Waals surface area contributed by atoms with Gasteiger partial charge < -0.3 is 9.84 Å². The summed E-state index contributed by atoms with van der Waals surface area (Å²) in [5.41, 5.74) is 0.793. The van der Waals surface area contributed by atoms with Crippen molar-refractivity contribution >= 4 is 46.9 Å². The van der Waals surface area contributed by atoms with E-state index in [2.05, 4.69) is 5.32 Å². The lowest BCUT2D eigenvalue weighted by Crippen LogP contribution is -2.54. The number of carbonyl (C=O) groups excluding carboxylic acids is 3. The Morgan fingerprint density at radius 3 is 2.49 bits per heavy atom. The van der Waals surface area contributed by atoms with Crippen molar-refractivity contribution < 1.29 is 29.2 Å². The summed E-state index contributed by atoms with van der Waals surface area (Å²) in [5.74, 6) is -1.46. The molecule has 0 spiro atoms. The van der Waals surface area contributed by atoms with Crippen LogP contribution >= 0.6 is 11.6 Å². The molecule has 0 radical (unpaired) electrons. The van der Waals surface area contributed by atoms with Gasteiger partial charge in [-0.2, -0.15) is 0 Å². The molecule has 3 aromatic rings. The predicted octanol–water partition coefficient (Wildman–Crippen LogP) is 4.20. The zero-order valence-electron chi connectivity index (χ0n) is 17.8. The van der Waals surface area contributed by atoms with Crippen molar-refractivity contribution in [2.24, 2.45) is 0 Å². The maximum atomic E-state index is 12.9. The minimum Gasteiger partial charge on any atom is -0.508 e. The fraction of sp³-hybridized carbons (Fsp3) is 0.0417. The number of nitrogens with one attached hydrogen (secondary N) is 1. The second-order valence-corrected chi connectivity index (χ2v) is 7.79. The summed E-state index contributed by atoms with van der Waals surface area (Å²) in [5, 5.41) is 22.6. The lowest BCUT2D eigenvalue weighted by molar-refractivity contribution is -0.384. The van der Waals surface area contributed by atoms with Crippen LogP contribution in [0.4, 0.5) is 16.2 Å². The minimum atomic E-state index is -0.911. The second-order valence-electron chi connectivity index (χ2n) is 7.38. The SMILES string of the molecule is O=C1NC(=O)N(c2ccc(O)cc2)C(=O)/C1=C\c1ccc(OCc2cccc([N+](=O)[O-])c2)c(Cl)c1. The summed E-state index contributed by atoms with van der Waals surface area (Å²) in [7, 11) is 0. The van der Waals surface area contributed by atoms with Crippen molar-refractivity contribution in [1.82, 2.24) is 5.32 Å². The van der Waals surface area contributed by atoms with E-state index in [0.717, 1.165) is 4.90 Å². The van der Waals surface area contributed by atoms with Crippen LogP contribution in [0.25, 0.3) is 6.08 Å². The number of hydrogen-bond acceptors (Lipinski definition) is 7. The molecule has 3 aromatic carbocycles. The van der Waals surface area contributed by atoms with Gasteiger partial charge in [0.05, 0.1) is 15.6 Å². The number of halogens is 1.